The molecule has 2 unspecified atom stereocenters. The maximum Gasteiger partial charge on any atom is 0.307 e. The van der Waals surface area contributed by atoms with Crippen LogP contribution in [0.1, 0.15) is 18.1 Å². The molecular formula is C18H23Cl2N3O7. The molecule has 1 saturated heterocycles. The number of carbonyl (C=O) groups is 2. The van der Waals surface area contributed by atoms with Crippen molar-refractivity contribution in [1.82, 2.24) is 10.2 Å². The Hall–Kier alpha value is -1.98. The molecular weight excluding hydrogens is 441 g/mol. The second-order valence-corrected chi connectivity index (χ2v) is 7.69. The first-order valence-electron chi connectivity index (χ1n) is 9.24. The van der Waals surface area contributed by atoms with Crippen molar-refractivity contribution >= 4 is 40.8 Å². The zero-order chi connectivity index (χ0) is 22.1. The van der Waals surface area contributed by atoms with Gasteiger partial charge in [0.05, 0.1) is 30.6 Å². The van der Waals surface area contributed by atoms with Gasteiger partial charge >= 0.3 is 5.97 Å². The third-order valence-corrected chi connectivity index (χ3v) is 4.91. The first-order valence-corrected chi connectivity index (χ1v) is 10.1. The Morgan fingerprint density at radius 1 is 1.27 bits per heavy atom. The molecule has 2 atom stereocenters. The first-order chi connectivity index (χ1) is 14.3. The van der Waals surface area contributed by atoms with Gasteiger partial charge in [-0.15, -0.1) is 0 Å². The molecule has 166 valence electrons. The zero-order valence-electron chi connectivity index (χ0n) is 16.0. The number of nitro benzene ring substituents is 1. The number of esters is 1. The van der Waals surface area contributed by atoms with Crippen LogP contribution in [0.5, 0.6) is 0 Å². The van der Waals surface area contributed by atoms with Crippen LogP contribution in [0.3, 0.4) is 0 Å². The predicted octanol–water partition coefficient (Wildman–Crippen LogP) is 1.18. The van der Waals surface area contributed by atoms with Crippen LogP contribution in [0.4, 0.5) is 5.69 Å². The summed E-state index contributed by atoms with van der Waals surface area (Å²) in [4.78, 5) is 34.9. The maximum absolute atomic E-state index is 12.1. The monoisotopic (exact) mass is 463 g/mol. The smallest absolute Gasteiger partial charge is 0.307 e. The lowest BCUT2D eigenvalue weighted by molar-refractivity contribution is -0.384. The largest absolute Gasteiger partial charge is 0.463 e. The number of hydrogen-bond donors (Lipinski definition) is 2. The van der Waals surface area contributed by atoms with Crippen molar-refractivity contribution in [2.75, 3.05) is 39.5 Å². The van der Waals surface area contributed by atoms with Crippen molar-refractivity contribution in [3.63, 3.8) is 0 Å². The molecule has 0 spiro atoms. The third kappa shape index (κ3) is 7.69. The lowest BCUT2D eigenvalue weighted by Crippen LogP contribution is -2.45. The average molecular weight is 464 g/mol. The number of non-ortho nitro benzene ring substituents is 1. The molecule has 0 aromatic heterocycles. The molecule has 0 saturated carbocycles. The van der Waals surface area contributed by atoms with Crippen LogP contribution in [0.15, 0.2) is 24.3 Å². The number of rotatable bonds is 10. The fourth-order valence-electron chi connectivity index (χ4n) is 2.81. The minimum atomic E-state index is -1.38. The number of halogens is 2. The van der Waals surface area contributed by atoms with E-state index >= 15 is 0 Å². The van der Waals surface area contributed by atoms with Gasteiger partial charge in [0.25, 0.3) is 11.6 Å². The Morgan fingerprint density at radius 2 is 1.90 bits per heavy atom. The second kappa shape index (κ2) is 12.0. The summed E-state index contributed by atoms with van der Waals surface area (Å²) in [5, 5.41) is 23.8. The van der Waals surface area contributed by atoms with E-state index in [0.29, 0.717) is 19.8 Å². The summed E-state index contributed by atoms with van der Waals surface area (Å²) in [6.45, 7) is 2.88. The fraction of sp³-hybridized carbons (Fsp3) is 0.556. The zero-order valence-corrected chi connectivity index (χ0v) is 17.6. The molecule has 2 N–H and O–H groups in total. The fourth-order valence-corrected chi connectivity index (χ4v) is 2.94. The molecule has 1 fully saturated rings. The highest BCUT2D eigenvalue weighted by atomic mass is 35.5. The number of hydrogen-bond acceptors (Lipinski definition) is 8. The molecule has 1 aromatic carbocycles. The highest BCUT2D eigenvalue weighted by Gasteiger charge is 2.27. The number of nitrogens with one attached hydrogen (secondary N) is 1. The molecule has 12 heteroatoms. The van der Waals surface area contributed by atoms with Gasteiger partial charge < -0.3 is 19.9 Å². The van der Waals surface area contributed by atoms with Crippen LogP contribution in [0.2, 0.25) is 0 Å². The number of morpholine rings is 1. The number of amides is 1. The van der Waals surface area contributed by atoms with Gasteiger partial charge in [-0.25, -0.2) is 0 Å². The van der Waals surface area contributed by atoms with E-state index in [4.69, 9.17) is 32.7 Å². The van der Waals surface area contributed by atoms with Gasteiger partial charge in [0.1, 0.15) is 12.7 Å². The SMILES string of the molecule is O=C(CCN1CCOCC1)OCC(NC(=O)C(Cl)Cl)C(O)c1ccc([N+](=O)[O-])cc1. The standard InChI is InChI=1S/C18H23Cl2N3O7/c19-17(20)18(26)21-14(16(25)12-1-3-13(4-2-12)23(27)28)11-30-15(24)5-6-22-7-9-29-10-8-22/h1-4,14,16-17,25H,5-11H2,(H,21,26). The van der Waals surface area contributed by atoms with Crippen LogP contribution in [0.25, 0.3) is 0 Å². The Bertz CT molecular complexity index is 727. The molecule has 0 aliphatic carbocycles. The van der Waals surface area contributed by atoms with Crippen molar-refractivity contribution in [2.24, 2.45) is 0 Å². The molecule has 1 aliphatic heterocycles. The van der Waals surface area contributed by atoms with Crippen LogP contribution in [-0.2, 0) is 19.1 Å². The molecule has 1 aliphatic rings. The first kappa shape index (κ1) is 24.3. The minimum absolute atomic E-state index is 0.141. The average Bonchev–Trinajstić information content (AvgIpc) is 2.75. The molecule has 10 nitrogen and oxygen atoms in total. The molecule has 1 heterocycles. The number of nitro groups is 1. The topological polar surface area (TPSA) is 131 Å². The van der Waals surface area contributed by atoms with E-state index in [2.05, 4.69) is 10.2 Å². The number of benzene rings is 1. The number of carbonyl (C=O) groups excluding carboxylic acids is 2. The van der Waals surface area contributed by atoms with Gasteiger partial charge in [-0.2, -0.15) is 0 Å². The van der Waals surface area contributed by atoms with E-state index in [-0.39, 0.29) is 24.3 Å². The Labute approximate surface area is 183 Å². The van der Waals surface area contributed by atoms with E-state index in [1.54, 1.807) is 0 Å². The lowest BCUT2D eigenvalue weighted by atomic mass is 10.0. The summed E-state index contributed by atoms with van der Waals surface area (Å²) in [6, 6.07) is 4.09. The van der Waals surface area contributed by atoms with E-state index in [1.165, 1.54) is 24.3 Å². The molecule has 2 rings (SSSR count). The van der Waals surface area contributed by atoms with Gasteiger partial charge in [-0.1, -0.05) is 23.2 Å². The van der Waals surface area contributed by atoms with Crippen molar-refractivity contribution in [1.29, 1.82) is 0 Å². The maximum atomic E-state index is 12.1. The second-order valence-electron chi connectivity index (χ2n) is 6.60. The van der Waals surface area contributed by atoms with Crippen molar-refractivity contribution in [2.45, 2.75) is 23.4 Å². The summed E-state index contributed by atoms with van der Waals surface area (Å²) < 4.78 is 10.5. The van der Waals surface area contributed by atoms with Gasteiger partial charge in [0, 0.05) is 31.8 Å². The number of ether oxygens (including phenoxy) is 2. The Balaban J connectivity index is 1.96. The molecule has 30 heavy (non-hydrogen) atoms. The predicted molar refractivity (Wildman–Crippen MR) is 108 cm³/mol. The number of alkyl halides is 2. The normalized spacial score (nSPS) is 16.7. The van der Waals surface area contributed by atoms with E-state index in [0.717, 1.165) is 13.1 Å². The van der Waals surface area contributed by atoms with Gasteiger partial charge in [0.15, 0.2) is 4.84 Å². The van der Waals surface area contributed by atoms with Crippen molar-refractivity contribution < 1.29 is 29.1 Å². The summed E-state index contributed by atoms with van der Waals surface area (Å²) in [5.74, 6) is -1.27. The van der Waals surface area contributed by atoms with Gasteiger partial charge in [-0.3, -0.25) is 24.6 Å². The highest BCUT2D eigenvalue weighted by Crippen LogP contribution is 2.21. The van der Waals surface area contributed by atoms with Crippen molar-refractivity contribution in [3.05, 3.63) is 39.9 Å². The van der Waals surface area contributed by atoms with Crippen molar-refractivity contribution in [3.8, 4) is 0 Å². The number of aliphatic hydroxyl groups excluding tert-OH is 1. The number of aliphatic hydroxyl groups is 1. The van der Waals surface area contributed by atoms with E-state index in [1.807, 2.05) is 0 Å². The van der Waals surface area contributed by atoms with E-state index < -0.39 is 33.8 Å². The Kier molecular flexibility index (Phi) is 9.73. The minimum Gasteiger partial charge on any atom is -0.463 e. The van der Waals surface area contributed by atoms with Gasteiger partial charge in [0.2, 0.25) is 0 Å². The summed E-state index contributed by atoms with van der Waals surface area (Å²) >= 11 is 11.1. The molecule has 1 aromatic rings. The summed E-state index contributed by atoms with van der Waals surface area (Å²) in [5.41, 5.74) is 0.138. The van der Waals surface area contributed by atoms with Crippen LogP contribution < -0.4 is 5.32 Å². The third-order valence-electron chi connectivity index (χ3n) is 4.51. The molecule has 1 amide bonds. The lowest BCUT2D eigenvalue weighted by Gasteiger charge is -2.27. The van der Waals surface area contributed by atoms with Crippen LogP contribution in [0, 0.1) is 10.1 Å². The summed E-state index contributed by atoms with van der Waals surface area (Å²) in [6.07, 6.45) is -1.17. The molecule has 0 radical (unpaired) electrons. The highest BCUT2D eigenvalue weighted by molar-refractivity contribution is 6.53. The van der Waals surface area contributed by atoms with Gasteiger partial charge in [-0.05, 0) is 17.7 Å². The molecule has 0 bridgehead atoms. The number of nitrogens with zero attached hydrogens (tertiary/aromatic N) is 2. The van der Waals surface area contributed by atoms with Crippen LogP contribution in [-0.4, -0.2) is 77.1 Å². The van der Waals surface area contributed by atoms with Crippen LogP contribution >= 0.6 is 23.2 Å². The van der Waals surface area contributed by atoms with E-state index in [9.17, 15) is 24.8 Å². The summed E-state index contributed by atoms with van der Waals surface area (Å²) in [7, 11) is 0. The Morgan fingerprint density at radius 3 is 2.47 bits per heavy atom. The quantitative estimate of drug-likeness (QED) is 0.229.